The number of aromatic nitrogens is 2. The molecule has 1 fully saturated rings. The Kier molecular flexibility index (Phi) is 4.51. The fourth-order valence-corrected chi connectivity index (χ4v) is 5.95. The lowest BCUT2D eigenvalue weighted by molar-refractivity contribution is -0.118. The number of aromatic amines is 1. The molecule has 0 radical (unpaired) electrons. The summed E-state index contributed by atoms with van der Waals surface area (Å²) in [5, 5.41) is 7.42. The van der Waals surface area contributed by atoms with Gasteiger partial charge in [0.05, 0.1) is 11.6 Å². The Labute approximate surface area is 180 Å². The molecule has 31 heavy (non-hydrogen) atoms. The van der Waals surface area contributed by atoms with E-state index in [-0.39, 0.29) is 29.9 Å². The van der Waals surface area contributed by atoms with E-state index in [0.717, 1.165) is 47.2 Å². The molecule has 1 spiro atoms. The van der Waals surface area contributed by atoms with Crippen LogP contribution in [0.1, 0.15) is 74.8 Å². The van der Waals surface area contributed by atoms with Crippen molar-refractivity contribution in [2.45, 2.75) is 76.6 Å². The van der Waals surface area contributed by atoms with Crippen LogP contribution in [-0.2, 0) is 23.1 Å². The first-order valence-corrected chi connectivity index (χ1v) is 11.1. The van der Waals surface area contributed by atoms with E-state index >= 15 is 0 Å². The highest BCUT2D eigenvalue weighted by molar-refractivity contribution is 6.02. The monoisotopic (exact) mass is 428 g/mol. The van der Waals surface area contributed by atoms with Gasteiger partial charge >= 0.3 is 0 Å². The van der Waals surface area contributed by atoms with Gasteiger partial charge in [-0.05, 0) is 48.3 Å². The summed E-state index contributed by atoms with van der Waals surface area (Å²) < 4.78 is 37.5. The van der Waals surface area contributed by atoms with Gasteiger partial charge in [0, 0.05) is 42.5 Å². The molecule has 1 N–H and O–H groups in total. The lowest BCUT2D eigenvalue weighted by Gasteiger charge is -2.43. The molecule has 6 heteroatoms. The van der Waals surface area contributed by atoms with Gasteiger partial charge in [-0.25, -0.2) is 13.2 Å². The van der Waals surface area contributed by atoms with Gasteiger partial charge < -0.3 is 0 Å². The first-order chi connectivity index (χ1) is 14.6. The number of Topliss-reactive ketones (excluding diaryl/α,β-unsaturated/α-hetero) is 1. The molecule has 0 unspecified atom stereocenters. The molecule has 0 aliphatic heterocycles. The molecule has 4 aliphatic carbocycles. The van der Waals surface area contributed by atoms with Crippen molar-refractivity contribution in [1.82, 2.24) is 10.2 Å². The number of carbonyl (C=O) groups excluding carboxylic acids is 1. The van der Waals surface area contributed by atoms with Gasteiger partial charge in [-0.1, -0.05) is 31.6 Å². The van der Waals surface area contributed by atoms with Crippen LogP contribution in [0.15, 0.2) is 35.5 Å². The minimum absolute atomic E-state index is 0.0159. The first-order valence-electron chi connectivity index (χ1n) is 11.1. The summed E-state index contributed by atoms with van der Waals surface area (Å²) in [6.07, 6.45) is 6.45. The maximum atomic E-state index is 14.5. The van der Waals surface area contributed by atoms with E-state index in [1.807, 2.05) is 12.3 Å². The van der Waals surface area contributed by atoms with E-state index in [4.69, 9.17) is 0 Å². The molecular formula is C25H27F3N2O. The number of fused-ring (bicyclic) bond motifs is 5. The predicted octanol–water partition coefficient (Wildman–Crippen LogP) is 5.83. The van der Waals surface area contributed by atoms with Crippen LogP contribution in [0.4, 0.5) is 13.2 Å². The zero-order chi connectivity index (χ0) is 22.0. The molecule has 0 saturated heterocycles. The largest absolute Gasteiger partial charge is 0.294 e. The number of hydrogen-bond acceptors (Lipinski definition) is 2. The fraction of sp³-hybridized carbons (Fsp3) is 0.520. The minimum atomic E-state index is -2.28. The van der Waals surface area contributed by atoms with Crippen molar-refractivity contribution in [2.24, 2.45) is 5.41 Å². The zero-order valence-corrected chi connectivity index (χ0v) is 18.0. The molecule has 1 heterocycles. The normalized spacial score (nSPS) is 27.1. The second-order valence-electron chi connectivity index (χ2n) is 10.2. The third kappa shape index (κ3) is 3.17. The van der Waals surface area contributed by atoms with E-state index in [2.05, 4.69) is 24.0 Å². The summed E-state index contributed by atoms with van der Waals surface area (Å²) in [5.74, 6) is -2.20. The van der Waals surface area contributed by atoms with Crippen molar-refractivity contribution in [2.75, 3.05) is 0 Å². The fourth-order valence-electron chi connectivity index (χ4n) is 5.95. The van der Waals surface area contributed by atoms with Gasteiger partial charge in [-0.3, -0.25) is 9.89 Å². The van der Waals surface area contributed by atoms with Crippen LogP contribution in [0, 0.1) is 11.2 Å². The van der Waals surface area contributed by atoms with Gasteiger partial charge in [0.2, 0.25) is 5.92 Å². The second-order valence-corrected chi connectivity index (χ2v) is 10.2. The standard InChI is InChI=1S/C21H21FN2O.C4H6F2/c1-20(2)9-12-8-17-15(11-23-24-17)21(19(12)18(25)10-20)7-6-13-14(21)4-3-5-16(13)22;5-4(6)2-1-3-4/h3-5,11H,6-10H2,1-2H3,(H,23,24);1-3H2/t21-;/m1./s1. The number of H-pyrrole nitrogens is 1. The Morgan fingerprint density at radius 2 is 1.81 bits per heavy atom. The number of benzene rings is 1. The van der Waals surface area contributed by atoms with E-state index in [1.165, 1.54) is 11.6 Å². The molecule has 1 aromatic heterocycles. The topological polar surface area (TPSA) is 45.8 Å². The Balaban J connectivity index is 0.000000296. The van der Waals surface area contributed by atoms with Crippen molar-refractivity contribution in [1.29, 1.82) is 0 Å². The molecule has 2 aromatic rings. The number of hydrogen-bond donors (Lipinski definition) is 1. The summed E-state index contributed by atoms with van der Waals surface area (Å²) >= 11 is 0. The first kappa shape index (κ1) is 20.5. The third-order valence-electron chi connectivity index (χ3n) is 7.37. The molecule has 0 amide bonds. The van der Waals surface area contributed by atoms with Crippen molar-refractivity contribution in [3.63, 3.8) is 0 Å². The summed E-state index contributed by atoms with van der Waals surface area (Å²) in [6, 6.07) is 5.30. The Morgan fingerprint density at radius 1 is 1.06 bits per heavy atom. The SMILES string of the molecule is CC1(C)CC(=O)C2=C(Cc3[nH]ncc3[C@]23CCc2c(F)cccc23)C1.FC1(F)CCC1. The molecule has 1 atom stereocenters. The van der Waals surface area contributed by atoms with Crippen molar-refractivity contribution in [3.05, 3.63) is 63.7 Å². The number of halogens is 3. The molecule has 0 bridgehead atoms. The van der Waals surface area contributed by atoms with Crippen LogP contribution in [0.5, 0.6) is 0 Å². The Morgan fingerprint density at radius 3 is 2.48 bits per heavy atom. The molecule has 3 nitrogen and oxygen atoms in total. The average molecular weight is 428 g/mol. The maximum absolute atomic E-state index is 14.5. The van der Waals surface area contributed by atoms with E-state index in [0.29, 0.717) is 19.3 Å². The molecule has 1 saturated carbocycles. The van der Waals surface area contributed by atoms with Gasteiger partial charge in [0.15, 0.2) is 5.78 Å². The van der Waals surface area contributed by atoms with Gasteiger partial charge in [0.1, 0.15) is 5.82 Å². The Hall–Kier alpha value is -2.37. The van der Waals surface area contributed by atoms with Crippen LogP contribution in [-0.4, -0.2) is 21.9 Å². The highest BCUT2D eigenvalue weighted by Gasteiger charge is 2.53. The number of alkyl halides is 2. The lowest BCUT2D eigenvalue weighted by atomic mass is 9.58. The number of carbonyl (C=O) groups is 1. The predicted molar refractivity (Wildman–Crippen MR) is 112 cm³/mol. The number of rotatable bonds is 0. The number of nitrogens with zero attached hydrogens (tertiary/aromatic N) is 1. The van der Waals surface area contributed by atoms with Crippen LogP contribution in [0.25, 0.3) is 0 Å². The quantitative estimate of drug-likeness (QED) is 0.574. The maximum Gasteiger partial charge on any atom is 0.248 e. The highest BCUT2D eigenvalue weighted by Crippen LogP contribution is 2.57. The van der Waals surface area contributed by atoms with Gasteiger partial charge in [-0.2, -0.15) is 5.10 Å². The van der Waals surface area contributed by atoms with Crippen molar-refractivity contribution >= 4 is 5.78 Å². The van der Waals surface area contributed by atoms with Crippen LogP contribution in [0.3, 0.4) is 0 Å². The van der Waals surface area contributed by atoms with Crippen LogP contribution in [0.2, 0.25) is 0 Å². The van der Waals surface area contributed by atoms with E-state index in [1.54, 1.807) is 6.07 Å². The van der Waals surface area contributed by atoms with E-state index in [9.17, 15) is 18.0 Å². The summed E-state index contributed by atoms with van der Waals surface area (Å²) in [6.45, 7) is 4.32. The minimum Gasteiger partial charge on any atom is -0.294 e. The van der Waals surface area contributed by atoms with Crippen LogP contribution < -0.4 is 0 Å². The van der Waals surface area contributed by atoms with Crippen molar-refractivity contribution in [3.8, 4) is 0 Å². The third-order valence-corrected chi connectivity index (χ3v) is 7.37. The molecule has 4 aliphatic rings. The summed E-state index contributed by atoms with van der Waals surface area (Å²) in [4.78, 5) is 13.2. The smallest absolute Gasteiger partial charge is 0.248 e. The number of allylic oxidation sites excluding steroid dienone is 2. The summed E-state index contributed by atoms with van der Waals surface area (Å²) in [7, 11) is 0. The van der Waals surface area contributed by atoms with Gasteiger partial charge in [0.25, 0.3) is 0 Å². The number of nitrogens with one attached hydrogen (secondary N) is 1. The number of ketones is 1. The van der Waals surface area contributed by atoms with Crippen LogP contribution >= 0.6 is 0 Å². The second kappa shape index (κ2) is 6.81. The van der Waals surface area contributed by atoms with Crippen molar-refractivity contribution < 1.29 is 18.0 Å². The molecule has 164 valence electrons. The molecule has 6 rings (SSSR count). The van der Waals surface area contributed by atoms with Gasteiger partial charge in [-0.15, -0.1) is 0 Å². The van der Waals surface area contributed by atoms with E-state index < -0.39 is 11.3 Å². The highest BCUT2D eigenvalue weighted by atomic mass is 19.3. The summed E-state index contributed by atoms with van der Waals surface area (Å²) in [5.41, 5.74) is 5.51. The average Bonchev–Trinajstić information content (AvgIpc) is 3.27. The Bertz CT molecular complexity index is 1090. The molecule has 1 aromatic carbocycles. The zero-order valence-electron chi connectivity index (χ0n) is 18.0. The molecular weight excluding hydrogens is 401 g/mol. The lowest BCUT2D eigenvalue weighted by Crippen LogP contribution is -2.41.